The molecule has 154 valence electrons. The van der Waals surface area contributed by atoms with E-state index >= 15 is 0 Å². The second-order valence-corrected chi connectivity index (χ2v) is 9.00. The van der Waals surface area contributed by atoms with E-state index in [-0.39, 0.29) is 5.63 Å². The smallest absolute Gasteiger partial charge is 0.336 e. The molecule has 0 unspecified atom stereocenters. The summed E-state index contributed by atoms with van der Waals surface area (Å²) in [6, 6.07) is 15.7. The van der Waals surface area contributed by atoms with Gasteiger partial charge in [0.15, 0.2) is 0 Å². The van der Waals surface area contributed by atoms with E-state index in [0.717, 1.165) is 55.7 Å². The van der Waals surface area contributed by atoms with Crippen LogP contribution < -0.4 is 20.2 Å². The second-order valence-electron chi connectivity index (χ2n) is 7.88. The van der Waals surface area contributed by atoms with Crippen molar-refractivity contribution in [3.63, 3.8) is 0 Å². The first-order valence-corrected chi connectivity index (χ1v) is 11.1. The minimum Gasteiger partial charge on any atom is -0.497 e. The Bertz CT molecular complexity index is 1210. The summed E-state index contributed by atoms with van der Waals surface area (Å²) in [5.41, 5.74) is 2.45. The zero-order valence-electron chi connectivity index (χ0n) is 16.9. The van der Waals surface area contributed by atoms with Crippen LogP contribution in [0.5, 0.6) is 5.75 Å². The Morgan fingerprint density at radius 1 is 1.03 bits per heavy atom. The van der Waals surface area contributed by atoms with Gasteiger partial charge >= 0.3 is 5.63 Å². The summed E-state index contributed by atoms with van der Waals surface area (Å²) in [6.07, 6.45) is 0. The fourth-order valence-electron chi connectivity index (χ4n) is 4.27. The van der Waals surface area contributed by atoms with Crippen LogP contribution in [0.1, 0.15) is 10.6 Å². The zero-order valence-corrected chi connectivity index (χ0v) is 17.8. The molecule has 2 N–H and O–H groups in total. The van der Waals surface area contributed by atoms with Gasteiger partial charge in [0.1, 0.15) is 55.6 Å². The zero-order chi connectivity index (χ0) is 20.5. The Labute approximate surface area is 178 Å². The highest BCUT2D eigenvalue weighted by Gasteiger charge is 2.25. The summed E-state index contributed by atoms with van der Waals surface area (Å²) in [4.78, 5) is 19.9. The van der Waals surface area contributed by atoms with Gasteiger partial charge in [0, 0.05) is 23.1 Å². The highest BCUT2D eigenvalue weighted by Crippen LogP contribution is 2.22. The molecule has 0 radical (unpaired) electrons. The van der Waals surface area contributed by atoms with Crippen LogP contribution in [0.15, 0.2) is 57.7 Å². The lowest BCUT2D eigenvalue weighted by molar-refractivity contribution is -1.02. The predicted molar refractivity (Wildman–Crippen MR) is 117 cm³/mol. The molecule has 4 aromatic rings. The molecule has 1 saturated heterocycles. The average molecular weight is 424 g/mol. The van der Waals surface area contributed by atoms with Crippen molar-refractivity contribution >= 4 is 32.5 Å². The van der Waals surface area contributed by atoms with Crippen LogP contribution >= 0.6 is 11.3 Å². The van der Waals surface area contributed by atoms with Crippen LogP contribution in [0.25, 0.3) is 21.2 Å². The predicted octanol–water partition coefficient (Wildman–Crippen LogP) is 0.895. The summed E-state index contributed by atoms with van der Waals surface area (Å²) in [5, 5.41) is 2.21. The van der Waals surface area contributed by atoms with Gasteiger partial charge in [0.2, 0.25) is 0 Å². The number of thiazole rings is 1. The molecular weight excluding hydrogens is 398 g/mol. The van der Waals surface area contributed by atoms with Crippen molar-refractivity contribution in [2.24, 2.45) is 0 Å². The molecule has 0 bridgehead atoms. The molecule has 6 nitrogen and oxygen atoms in total. The van der Waals surface area contributed by atoms with E-state index < -0.39 is 0 Å². The molecule has 0 saturated carbocycles. The lowest BCUT2D eigenvalue weighted by Gasteiger charge is -2.29. The topological polar surface area (TPSA) is 61.2 Å². The van der Waals surface area contributed by atoms with E-state index in [1.165, 1.54) is 14.6 Å². The normalized spacial score (nSPS) is 19.4. The van der Waals surface area contributed by atoms with Gasteiger partial charge in [-0.1, -0.05) is 12.1 Å². The molecule has 2 aromatic heterocycles. The number of hydrogen-bond donors (Lipinski definition) is 2. The Hall–Kier alpha value is -2.74. The summed E-state index contributed by atoms with van der Waals surface area (Å²) >= 11 is 1.81. The molecule has 0 amide bonds. The third-order valence-electron chi connectivity index (χ3n) is 5.88. The Kier molecular flexibility index (Phi) is 5.25. The monoisotopic (exact) mass is 423 g/mol. The van der Waals surface area contributed by atoms with E-state index in [4.69, 9.17) is 14.1 Å². The van der Waals surface area contributed by atoms with Crippen LogP contribution in [-0.4, -0.2) is 38.3 Å². The number of ether oxygens (including phenoxy) is 1. The van der Waals surface area contributed by atoms with Crippen molar-refractivity contribution < 1.29 is 19.0 Å². The number of para-hydroxylation sites is 1. The Morgan fingerprint density at radius 2 is 1.80 bits per heavy atom. The van der Waals surface area contributed by atoms with Gasteiger partial charge in [0.05, 0.1) is 17.3 Å². The third-order valence-corrected chi connectivity index (χ3v) is 6.92. The molecule has 3 heterocycles. The van der Waals surface area contributed by atoms with Gasteiger partial charge in [-0.05, 0) is 24.3 Å². The second kappa shape index (κ2) is 8.18. The van der Waals surface area contributed by atoms with Gasteiger partial charge in [-0.3, -0.25) is 0 Å². The molecule has 1 aliphatic heterocycles. The minimum absolute atomic E-state index is 0.301. The number of nitrogens with one attached hydrogen (secondary N) is 2. The Balaban J connectivity index is 1.25. The van der Waals surface area contributed by atoms with Crippen molar-refractivity contribution in [2.45, 2.75) is 13.1 Å². The maximum Gasteiger partial charge on any atom is 0.336 e. The largest absolute Gasteiger partial charge is 0.497 e. The molecule has 0 spiro atoms. The molecule has 1 aliphatic rings. The van der Waals surface area contributed by atoms with Crippen molar-refractivity contribution in [3.05, 3.63) is 69.5 Å². The molecule has 30 heavy (non-hydrogen) atoms. The first kappa shape index (κ1) is 19.2. The standard InChI is InChI=1S/C23H23N3O3S/c1-28-17-6-7-18-16(12-23(27)29-20(18)13-17)14-25-8-10-26(11-9-25)15-22-24-19-4-2-3-5-21(19)30-22/h2-7,12-13H,8-11,14-15H2,1H3/p+2. The number of aromatic nitrogens is 1. The number of benzene rings is 2. The summed E-state index contributed by atoms with van der Waals surface area (Å²) < 4.78 is 11.9. The van der Waals surface area contributed by atoms with Crippen LogP contribution in [0.2, 0.25) is 0 Å². The first-order chi connectivity index (χ1) is 14.7. The van der Waals surface area contributed by atoms with Crippen LogP contribution in [-0.2, 0) is 13.1 Å². The SMILES string of the molecule is COc1ccc2c(C[NH+]3CC[NH+](Cc4nc5ccccc5s4)CC3)cc(=O)oc2c1. The van der Waals surface area contributed by atoms with Gasteiger partial charge in [-0.25, -0.2) is 9.78 Å². The van der Waals surface area contributed by atoms with Gasteiger partial charge in [-0.15, -0.1) is 11.3 Å². The maximum absolute atomic E-state index is 12.0. The fraction of sp³-hybridized carbons (Fsp3) is 0.304. The molecule has 2 aromatic carbocycles. The third kappa shape index (κ3) is 3.96. The number of piperazine rings is 1. The molecule has 0 aliphatic carbocycles. The lowest BCUT2D eigenvalue weighted by Crippen LogP contribution is -3.27. The number of methoxy groups -OCH3 is 1. The summed E-state index contributed by atoms with van der Waals surface area (Å²) in [5.74, 6) is 0.696. The summed E-state index contributed by atoms with van der Waals surface area (Å²) in [6.45, 7) is 6.21. The van der Waals surface area contributed by atoms with Crippen molar-refractivity contribution in [1.82, 2.24) is 4.98 Å². The van der Waals surface area contributed by atoms with Crippen LogP contribution in [0.3, 0.4) is 0 Å². The maximum atomic E-state index is 12.0. The van der Waals surface area contributed by atoms with Crippen LogP contribution in [0.4, 0.5) is 0 Å². The minimum atomic E-state index is -0.301. The number of nitrogens with zero attached hydrogens (tertiary/aromatic N) is 1. The fourth-order valence-corrected chi connectivity index (χ4v) is 5.31. The molecule has 5 rings (SSSR count). The average Bonchev–Trinajstić information content (AvgIpc) is 3.17. The first-order valence-electron chi connectivity index (χ1n) is 10.3. The van der Waals surface area contributed by atoms with Crippen LogP contribution in [0, 0.1) is 0 Å². The molecular formula is C23H25N3O3S+2. The number of quaternary nitrogens is 2. The Morgan fingerprint density at radius 3 is 2.57 bits per heavy atom. The van der Waals surface area contributed by atoms with Crippen molar-refractivity contribution in [3.8, 4) is 5.75 Å². The van der Waals surface area contributed by atoms with Crippen molar-refractivity contribution in [1.29, 1.82) is 0 Å². The van der Waals surface area contributed by atoms with Gasteiger partial charge in [-0.2, -0.15) is 0 Å². The molecule has 7 heteroatoms. The van der Waals surface area contributed by atoms with E-state index in [1.807, 2.05) is 18.2 Å². The number of fused-ring (bicyclic) bond motifs is 2. The molecule has 1 fully saturated rings. The summed E-state index contributed by atoms with van der Waals surface area (Å²) in [7, 11) is 1.61. The highest BCUT2D eigenvalue weighted by molar-refractivity contribution is 7.18. The van der Waals surface area contributed by atoms with Crippen molar-refractivity contribution in [2.75, 3.05) is 33.3 Å². The molecule has 0 atom stereocenters. The van der Waals surface area contributed by atoms with E-state index in [2.05, 4.69) is 18.2 Å². The van der Waals surface area contributed by atoms with E-state index in [0.29, 0.717) is 11.3 Å². The van der Waals surface area contributed by atoms with Gasteiger partial charge < -0.3 is 19.0 Å². The highest BCUT2D eigenvalue weighted by atomic mass is 32.1. The quantitative estimate of drug-likeness (QED) is 0.468. The number of hydrogen-bond acceptors (Lipinski definition) is 5. The lowest BCUT2D eigenvalue weighted by atomic mass is 10.1. The van der Waals surface area contributed by atoms with E-state index in [9.17, 15) is 4.79 Å². The number of rotatable bonds is 5. The van der Waals surface area contributed by atoms with Gasteiger partial charge in [0.25, 0.3) is 0 Å². The van der Waals surface area contributed by atoms with E-state index in [1.54, 1.807) is 35.5 Å².